The highest BCUT2D eigenvalue weighted by Gasteiger charge is 2.15. The van der Waals surface area contributed by atoms with E-state index in [1.54, 1.807) is 17.5 Å². The minimum atomic E-state index is -0.421. The van der Waals surface area contributed by atoms with Crippen molar-refractivity contribution in [3.8, 4) is 0 Å². The van der Waals surface area contributed by atoms with Gasteiger partial charge in [-0.2, -0.15) is 0 Å². The number of halogens is 1. The molecule has 5 nitrogen and oxygen atoms in total. The summed E-state index contributed by atoms with van der Waals surface area (Å²) in [7, 11) is 0. The van der Waals surface area contributed by atoms with Crippen molar-refractivity contribution in [2.24, 2.45) is 0 Å². The molecule has 0 unspecified atom stereocenters. The number of carbonyl (C=O) groups is 1. The Labute approximate surface area is 107 Å². The zero-order chi connectivity index (χ0) is 12.6. The van der Waals surface area contributed by atoms with Crippen LogP contribution in [0.3, 0.4) is 0 Å². The first kappa shape index (κ1) is 12.0. The largest absolute Gasteiger partial charge is 0.461 e. The van der Waals surface area contributed by atoms with Crippen LogP contribution in [0.4, 0.5) is 0 Å². The van der Waals surface area contributed by atoms with E-state index in [2.05, 4.69) is 25.9 Å². The molecular formula is C11H12BrN3O2. The Balaban J connectivity index is 2.61. The van der Waals surface area contributed by atoms with Crippen LogP contribution in [0.5, 0.6) is 0 Å². The molecule has 0 N–H and O–H groups in total. The van der Waals surface area contributed by atoms with Crippen LogP contribution in [0.25, 0.3) is 5.65 Å². The van der Waals surface area contributed by atoms with Crippen molar-refractivity contribution < 1.29 is 9.53 Å². The number of imidazole rings is 1. The van der Waals surface area contributed by atoms with Crippen molar-refractivity contribution in [2.75, 3.05) is 6.61 Å². The van der Waals surface area contributed by atoms with Gasteiger partial charge in [-0.25, -0.2) is 14.8 Å². The molecule has 0 bridgehead atoms. The number of rotatable bonds is 2. The minimum absolute atomic E-state index is 0.287. The monoisotopic (exact) mass is 297 g/mol. The van der Waals surface area contributed by atoms with Crippen LogP contribution in [0.15, 0.2) is 10.8 Å². The molecule has 0 aliphatic heterocycles. The minimum Gasteiger partial charge on any atom is -0.461 e. The molecule has 2 heterocycles. The van der Waals surface area contributed by atoms with E-state index in [4.69, 9.17) is 4.74 Å². The maximum absolute atomic E-state index is 11.6. The van der Waals surface area contributed by atoms with Gasteiger partial charge < -0.3 is 4.74 Å². The van der Waals surface area contributed by atoms with Crippen molar-refractivity contribution in [3.05, 3.63) is 27.9 Å². The Morgan fingerprint density at radius 1 is 1.41 bits per heavy atom. The first-order valence-electron chi connectivity index (χ1n) is 5.23. The lowest BCUT2D eigenvalue weighted by molar-refractivity contribution is 0.0518. The third-order valence-corrected chi connectivity index (χ3v) is 3.32. The van der Waals surface area contributed by atoms with Crippen LogP contribution < -0.4 is 0 Å². The van der Waals surface area contributed by atoms with E-state index < -0.39 is 5.97 Å². The van der Waals surface area contributed by atoms with Crippen LogP contribution >= 0.6 is 15.9 Å². The molecule has 2 aromatic heterocycles. The molecule has 0 spiro atoms. The predicted molar refractivity (Wildman–Crippen MR) is 66.1 cm³/mol. The summed E-state index contributed by atoms with van der Waals surface area (Å²) >= 11 is 3.43. The second kappa shape index (κ2) is 4.44. The molecular weight excluding hydrogens is 286 g/mol. The van der Waals surface area contributed by atoms with Crippen molar-refractivity contribution in [1.82, 2.24) is 14.4 Å². The Morgan fingerprint density at radius 2 is 2.12 bits per heavy atom. The summed E-state index contributed by atoms with van der Waals surface area (Å²) in [5.74, 6) is -0.421. The number of carbonyl (C=O) groups excluding carboxylic acids is 1. The lowest BCUT2D eigenvalue weighted by Crippen LogP contribution is -2.10. The number of ether oxygens (including phenoxy) is 1. The van der Waals surface area contributed by atoms with Crippen molar-refractivity contribution in [2.45, 2.75) is 20.8 Å². The van der Waals surface area contributed by atoms with Gasteiger partial charge in [0, 0.05) is 6.20 Å². The van der Waals surface area contributed by atoms with Gasteiger partial charge in [0.05, 0.1) is 18.0 Å². The van der Waals surface area contributed by atoms with E-state index in [1.165, 1.54) is 0 Å². The van der Waals surface area contributed by atoms with Gasteiger partial charge in [0.25, 0.3) is 0 Å². The fraction of sp³-hybridized carbons (Fsp3) is 0.364. The smallest absolute Gasteiger partial charge is 0.358 e. The summed E-state index contributed by atoms with van der Waals surface area (Å²) < 4.78 is 7.55. The molecule has 6 heteroatoms. The van der Waals surface area contributed by atoms with E-state index in [9.17, 15) is 4.79 Å². The molecule has 0 fully saturated rings. The molecule has 0 radical (unpaired) electrons. The van der Waals surface area contributed by atoms with Gasteiger partial charge >= 0.3 is 5.97 Å². The second-order valence-electron chi connectivity index (χ2n) is 3.61. The standard InChI is InChI=1S/C11H12BrN3O2/c1-4-17-11(16)8-5-15-9(12)6(2)14-10(15)7(3)13-8/h5H,4H2,1-3H3. The zero-order valence-corrected chi connectivity index (χ0v) is 11.4. The lowest BCUT2D eigenvalue weighted by Gasteiger charge is -2.04. The Bertz CT molecular complexity index is 592. The number of hydrogen-bond donors (Lipinski definition) is 0. The SMILES string of the molecule is CCOC(=O)c1cn2c(Br)c(C)nc2c(C)n1. The topological polar surface area (TPSA) is 56.5 Å². The van der Waals surface area contributed by atoms with E-state index in [0.717, 1.165) is 15.9 Å². The van der Waals surface area contributed by atoms with E-state index in [1.807, 2.05) is 13.8 Å². The van der Waals surface area contributed by atoms with Crippen LogP contribution in [-0.2, 0) is 4.74 Å². The van der Waals surface area contributed by atoms with Crippen molar-refractivity contribution >= 4 is 27.5 Å². The summed E-state index contributed by atoms with van der Waals surface area (Å²) in [6, 6.07) is 0. The van der Waals surface area contributed by atoms with Gasteiger partial charge in [-0.3, -0.25) is 4.40 Å². The number of aromatic nitrogens is 3. The summed E-state index contributed by atoms with van der Waals surface area (Å²) in [5.41, 5.74) is 2.58. The van der Waals surface area contributed by atoms with E-state index >= 15 is 0 Å². The van der Waals surface area contributed by atoms with Crippen LogP contribution in [0.2, 0.25) is 0 Å². The molecule has 2 aromatic rings. The number of aryl methyl sites for hydroxylation is 2. The van der Waals surface area contributed by atoms with Crippen LogP contribution in [0.1, 0.15) is 28.8 Å². The summed E-state index contributed by atoms with van der Waals surface area (Å²) in [4.78, 5) is 20.2. The molecule has 0 aromatic carbocycles. The average molecular weight is 298 g/mol. The Kier molecular flexibility index (Phi) is 3.15. The molecule has 90 valence electrons. The maximum Gasteiger partial charge on any atom is 0.358 e. The van der Waals surface area contributed by atoms with Gasteiger partial charge in [0.15, 0.2) is 11.3 Å². The van der Waals surface area contributed by atoms with Gasteiger partial charge in [-0.05, 0) is 36.7 Å². The predicted octanol–water partition coefficient (Wildman–Crippen LogP) is 2.29. The number of nitrogens with zero attached hydrogens (tertiary/aromatic N) is 3. The molecule has 17 heavy (non-hydrogen) atoms. The first-order chi connectivity index (χ1) is 8.04. The van der Waals surface area contributed by atoms with Crippen molar-refractivity contribution in [1.29, 1.82) is 0 Å². The van der Waals surface area contributed by atoms with Gasteiger partial charge in [-0.15, -0.1) is 0 Å². The summed E-state index contributed by atoms with van der Waals surface area (Å²) in [6.45, 7) is 5.81. The van der Waals surface area contributed by atoms with Crippen molar-refractivity contribution in [3.63, 3.8) is 0 Å². The molecule has 0 amide bonds. The van der Waals surface area contributed by atoms with E-state index in [-0.39, 0.29) is 5.69 Å². The lowest BCUT2D eigenvalue weighted by atomic mass is 10.4. The molecule has 0 aliphatic rings. The zero-order valence-electron chi connectivity index (χ0n) is 9.82. The Hall–Kier alpha value is -1.43. The average Bonchev–Trinajstić information content (AvgIpc) is 2.57. The van der Waals surface area contributed by atoms with Gasteiger partial charge in [0.2, 0.25) is 0 Å². The molecule has 0 atom stereocenters. The van der Waals surface area contributed by atoms with Gasteiger partial charge in [0.1, 0.15) is 4.60 Å². The number of esters is 1. The quantitative estimate of drug-likeness (QED) is 0.798. The molecule has 2 rings (SSSR count). The fourth-order valence-electron chi connectivity index (χ4n) is 1.58. The first-order valence-corrected chi connectivity index (χ1v) is 6.02. The van der Waals surface area contributed by atoms with E-state index in [0.29, 0.717) is 12.3 Å². The molecule has 0 saturated heterocycles. The highest BCUT2D eigenvalue weighted by atomic mass is 79.9. The third kappa shape index (κ3) is 2.04. The van der Waals surface area contributed by atoms with Crippen LogP contribution in [0, 0.1) is 13.8 Å². The highest BCUT2D eigenvalue weighted by Crippen LogP contribution is 2.20. The highest BCUT2D eigenvalue weighted by molar-refractivity contribution is 9.10. The normalized spacial score (nSPS) is 10.8. The number of fused-ring (bicyclic) bond motifs is 1. The fourth-order valence-corrected chi connectivity index (χ4v) is 1.94. The molecule has 0 saturated carbocycles. The van der Waals surface area contributed by atoms with Crippen LogP contribution in [-0.4, -0.2) is 26.9 Å². The molecule has 0 aliphatic carbocycles. The summed E-state index contributed by atoms with van der Waals surface area (Å²) in [6.07, 6.45) is 1.63. The third-order valence-electron chi connectivity index (χ3n) is 2.36. The second-order valence-corrected chi connectivity index (χ2v) is 4.36. The summed E-state index contributed by atoms with van der Waals surface area (Å²) in [5, 5.41) is 0. The Morgan fingerprint density at radius 3 is 2.76 bits per heavy atom. The maximum atomic E-state index is 11.6. The van der Waals surface area contributed by atoms with Gasteiger partial charge in [-0.1, -0.05) is 0 Å². The number of hydrogen-bond acceptors (Lipinski definition) is 4.